The Morgan fingerprint density at radius 2 is 1.95 bits per heavy atom. The van der Waals surface area contributed by atoms with Gasteiger partial charge in [0.15, 0.2) is 0 Å². The van der Waals surface area contributed by atoms with Gasteiger partial charge in [-0.25, -0.2) is 0 Å². The molecule has 0 saturated carbocycles. The van der Waals surface area contributed by atoms with Crippen molar-refractivity contribution in [3.05, 3.63) is 35.4 Å². The van der Waals surface area contributed by atoms with E-state index in [1.807, 2.05) is 31.2 Å². The van der Waals surface area contributed by atoms with Crippen molar-refractivity contribution in [2.45, 2.75) is 39.7 Å². The molecule has 114 valence electrons. The molecule has 1 amide bonds. The number of benzene rings is 1. The molecule has 4 nitrogen and oxygen atoms in total. The lowest BCUT2D eigenvalue weighted by Crippen LogP contribution is -2.30. The minimum Gasteiger partial charge on any atom is -0.481 e. The molecular weight excluding hydrogens is 266 g/mol. The molecule has 1 heterocycles. The molecule has 2 atom stereocenters. The summed E-state index contributed by atoms with van der Waals surface area (Å²) < 4.78 is 0. The van der Waals surface area contributed by atoms with E-state index >= 15 is 0 Å². The van der Waals surface area contributed by atoms with Crippen LogP contribution in [0.3, 0.4) is 0 Å². The van der Waals surface area contributed by atoms with Gasteiger partial charge in [0, 0.05) is 13.0 Å². The summed E-state index contributed by atoms with van der Waals surface area (Å²) in [6, 6.07) is 7.70. The van der Waals surface area contributed by atoms with Crippen LogP contribution in [0.25, 0.3) is 0 Å². The van der Waals surface area contributed by atoms with E-state index in [1.165, 1.54) is 5.56 Å². The molecule has 0 bridgehead atoms. The van der Waals surface area contributed by atoms with E-state index in [2.05, 4.69) is 13.8 Å². The lowest BCUT2D eigenvalue weighted by Gasteiger charge is -2.26. The molecule has 1 aromatic carbocycles. The fourth-order valence-electron chi connectivity index (χ4n) is 3.12. The summed E-state index contributed by atoms with van der Waals surface area (Å²) in [7, 11) is 0. The maximum atomic E-state index is 12.0. The highest BCUT2D eigenvalue weighted by atomic mass is 16.4. The summed E-state index contributed by atoms with van der Waals surface area (Å²) in [5.41, 5.74) is 2.16. The van der Waals surface area contributed by atoms with Crippen LogP contribution in [0.2, 0.25) is 0 Å². The van der Waals surface area contributed by atoms with E-state index in [4.69, 9.17) is 0 Å². The molecule has 0 aliphatic carbocycles. The molecule has 21 heavy (non-hydrogen) atoms. The first-order valence-electron chi connectivity index (χ1n) is 7.55. The van der Waals surface area contributed by atoms with Crippen LogP contribution in [-0.2, 0) is 16.0 Å². The third kappa shape index (κ3) is 3.26. The topological polar surface area (TPSA) is 57.6 Å². The fraction of sp³-hybridized carbons (Fsp3) is 0.529. The number of aliphatic carboxylic acids is 1. The van der Waals surface area contributed by atoms with Gasteiger partial charge >= 0.3 is 5.97 Å². The minimum atomic E-state index is -0.893. The Kier molecular flexibility index (Phi) is 4.66. The number of rotatable bonds is 5. The molecule has 1 aliphatic heterocycles. The smallest absolute Gasteiger partial charge is 0.309 e. The van der Waals surface area contributed by atoms with Crippen molar-refractivity contribution in [1.82, 2.24) is 4.90 Å². The second kappa shape index (κ2) is 6.29. The van der Waals surface area contributed by atoms with Gasteiger partial charge in [-0.05, 0) is 30.4 Å². The zero-order valence-corrected chi connectivity index (χ0v) is 12.9. The summed E-state index contributed by atoms with van der Waals surface area (Å²) in [6.45, 7) is 6.77. The molecule has 0 radical (unpaired) electrons. The molecule has 1 saturated heterocycles. The first kappa shape index (κ1) is 15.5. The second-order valence-electron chi connectivity index (χ2n) is 6.11. The zero-order valence-electron chi connectivity index (χ0n) is 12.9. The molecule has 1 fully saturated rings. The Morgan fingerprint density at radius 3 is 2.43 bits per heavy atom. The molecule has 1 aromatic rings. The minimum absolute atomic E-state index is 0.0684. The molecule has 4 heteroatoms. The third-order valence-electron chi connectivity index (χ3n) is 4.05. The predicted molar refractivity (Wildman–Crippen MR) is 80.9 cm³/mol. The number of amides is 1. The highest BCUT2D eigenvalue weighted by Gasteiger charge is 2.43. The van der Waals surface area contributed by atoms with Gasteiger partial charge in [0.1, 0.15) is 0 Å². The molecule has 1 aliphatic rings. The van der Waals surface area contributed by atoms with Gasteiger partial charge in [0.05, 0.1) is 12.0 Å². The van der Waals surface area contributed by atoms with Crippen LogP contribution in [0.5, 0.6) is 0 Å². The first-order chi connectivity index (χ1) is 9.93. The van der Waals surface area contributed by atoms with Gasteiger partial charge in [-0.3, -0.25) is 9.59 Å². The van der Waals surface area contributed by atoms with Gasteiger partial charge in [-0.2, -0.15) is 0 Å². The third-order valence-corrected chi connectivity index (χ3v) is 4.05. The fourth-order valence-corrected chi connectivity index (χ4v) is 3.12. The van der Waals surface area contributed by atoms with E-state index in [0.29, 0.717) is 12.5 Å². The number of hydrogen-bond donors (Lipinski definition) is 1. The lowest BCUT2D eigenvalue weighted by atomic mass is 9.92. The van der Waals surface area contributed by atoms with E-state index in [-0.39, 0.29) is 18.4 Å². The normalized spacial score (nSPS) is 22.1. The van der Waals surface area contributed by atoms with Crippen molar-refractivity contribution >= 4 is 11.9 Å². The van der Waals surface area contributed by atoms with Gasteiger partial charge in [0.25, 0.3) is 0 Å². The maximum absolute atomic E-state index is 12.0. The summed E-state index contributed by atoms with van der Waals surface area (Å²) in [5, 5.41) is 9.37. The zero-order chi connectivity index (χ0) is 15.6. The Morgan fingerprint density at radius 1 is 1.33 bits per heavy atom. The highest BCUT2D eigenvalue weighted by molar-refractivity contribution is 5.87. The molecular formula is C17H23NO3. The summed E-state index contributed by atoms with van der Waals surface area (Å²) in [5.74, 6) is -1.02. The van der Waals surface area contributed by atoms with Crippen LogP contribution in [0.4, 0.5) is 0 Å². The van der Waals surface area contributed by atoms with E-state index < -0.39 is 11.9 Å². The van der Waals surface area contributed by atoms with Gasteiger partial charge in [-0.15, -0.1) is 0 Å². The largest absolute Gasteiger partial charge is 0.481 e. The summed E-state index contributed by atoms with van der Waals surface area (Å²) >= 11 is 0. The molecule has 1 N–H and O–H groups in total. The Balaban J connectivity index is 2.28. The quantitative estimate of drug-likeness (QED) is 0.906. The Hall–Kier alpha value is -1.84. The number of hydrogen-bond acceptors (Lipinski definition) is 2. The summed E-state index contributed by atoms with van der Waals surface area (Å²) in [6.07, 6.45) is 1.10. The highest BCUT2D eigenvalue weighted by Crippen LogP contribution is 2.38. The van der Waals surface area contributed by atoms with Crippen LogP contribution in [0.1, 0.15) is 44.4 Å². The molecule has 0 spiro atoms. The SMILES string of the molecule is CCN1C(=O)CC(C(=O)O)C1c1ccc(CC(C)C)cc1. The lowest BCUT2D eigenvalue weighted by molar-refractivity contribution is -0.142. The van der Waals surface area contributed by atoms with Crippen LogP contribution in [0, 0.1) is 11.8 Å². The van der Waals surface area contributed by atoms with Crippen molar-refractivity contribution in [3.8, 4) is 0 Å². The van der Waals surface area contributed by atoms with E-state index in [0.717, 1.165) is 12.0 Å². The second-order valence-corrected chi connectivity index (χ2v) is 6.11. The number of likely N-dealkylation sites (tertiary alicyclic amines) is 1. The van der Waals surface area contributed by atoms with Crippen LogP contribution < -0.4 is 0 Å². The predicted octanol–water partition coefficient (Wildman–Crippen LogP) is 2.88. The van der Waals surface area contributed by atoms with E-state index in [9.17, 15) is 14.7 Å². The molecule has 0 aromatic heterocycles. The van der Waals surface area contributed by atoms with Gasteiger partial charge < -0.3 is 10.0 Å². The van der Waals surface area contributed by atoms with Crippen molar-refractivity contribution in [1.29, 1.82) is 0 Å². The number of carbonyl (C=O) groups excluding carboxylic acids is 1. The van der Waals surface area contributed by atoms with Crippen molar-refractivity contribution in [2.75, 3.05) is 6.54 Å². The van der Waals surface area contributed by atoms with Crippen molar-refractivity contribution in [3.63, 3.8) is 0 Å². The van der Waals surface area contributed by atoms with Crippen molar-refractivity contribution < 1.29 is 14.7 Å². The van der Waals surface area contributed by atoms with E-state index in [1.54, 1.807) is 4.90 Å². The maximum Gasteiger partial charge on any atom is 0.309 e. The summed E-state index contributed by atoms with van der Waals surface area (Å²) in [4.78, 5) is 25.1. The monoisotopic (exact) mass is 289 g/mol. The van der Waals surface area contributed by atoms with Crippen LogP contribution >= 0.6 is 0 Å². The first-order valence-corrected chi connectivity index (χ1v) is 7.55. The molecule has 2 rings (SSSR count). The molecule has 2 unspecified atom stereocenters. The standard InChI is InChI=1S/C17H23NO3/c1-4-18-15(19)10-14(17(20)21)16(18)13-7-5-12(6-8-13)9-11(2)3/h5-8,11,14,16H,4,9-10H2,1-3H3,(H,20,21). The number of nitrogens with zero attached hydrogens (tertiary/aromatic N) is 1. The average molecular weight is 289 g/mol. The van der Waals surface area contributed by atoms with Gasteiger partial charge in [0.2, 0.25) is 5.91 Å². The van der Waals surface area contributed by atoms with Crippen molar-refractivity contribution in [2.24, 2.45) is 11.8 Å². The Labute approximate surface area is 125 Å². The Bertz CT molecular complexity index is 521. The van der Waals surface area contributed by atoms with Gasteiger partial charge in [-0.1, -0.05) is 38.1 Å². The number of carbonyl (C=O) groups is 2. The average Bonchev–Trinajstić information content (AvgIpc) is 2.76. The van der Waals surface area contributed by atoms with Crippen LogP contribution in [-0.4, -0.2) is 28.4 Å². The number of carboxylic acids is 1. The van der Waals surface area contributed by atoms with Crippen LogP contribution in [0.15, 0.2) is 24.3 Å². The number of carboxylic acid groups (broad SMARTS) is 1.